The number of carbonyl (C=O) groups excluding carboxylic acids is 1. The van der Waals surface area contributed by atoms with Crippen molar-refractivity contribution < 1.29 is 19.1 Å². The summed E-state index contributed by atoms with van der Waals surface area (Å²) in [6.45, 7) is 6.10. The standard InChI is InChI=1S/C16H16ClNO4S/c1-3-6-18(8-11-4-5-13(17)23-11)16(21)15-10(2)9-22-12(15)7-14(19)20/h3-5,9H,1,6-8H2,2H3,(H,19,20). The van der Waals surface area contributed by atoms with Crippen molar-refractivity contribution in [2.45, 2.75) is 19.9 Å². The van der Waals surface area contributed by atoms with E-state index in [0.29, 0.717) is 28.6 Å². The summed E-state index contributed by atoms with van der Waals surface area (Å²) in [5, 5.41) is 8.95. The van der Waals surface area contributed by atoms with E-state index in [4.69, 9.17) is 21.1 Å². The van der Waals surface area contributed by atoms with Crippen molar-refractivity contribution in [2.75, 3.05) is 6.54 Å². The zero-order chi connectivity index (χ0) is 17.0. The lowest BCUT2D eigenvalue weighted by atomic mass is 10.1. The molecule has 0 radical (unpaired) electrons. The third kappa shape index (κ3) is 4.24. The van der Waals surface area contributed by atoms with Gasteiger partial charge in [-0.25, -0.2) is 0 Å². The number of aryl methyl sites for hydroxylation is 1. The second kappa shape index (κ2) is 7.48. The van der Waals surface area contributed by atoms with Crippen LogP contribution in [0.25, 0.3) is 0 Å². The number of halogens is 1. The number of nitrogens with zero attached hydrogens (tertiary/aromatic N) is 1. The number of carboxylic acids is 1. The molecule has 2 heterocycles. The molecule has 2 rings (SSSR count). The number of amides is 1. The predicted molar refractivity (Wildman–Crippen MR) is 89.1 cm³/mol. The number of aliphatic carboxylic acids is 1. The Morgan fingerprint density at radius 3 is 2.78 bits per heavy atom. The first-order valence-electron chi connectivity index (χ1n) is 6.85. The molecule has 0 bridgehead atoms. The fraction of sp³-hybridized carbons (Fsp3) is 0.250. The SMILES string of the molecule is C=CCN(Cc1ccc(Cl)s1)C(=O)c1c(C)coc1CC(=O)O. The Hall–Kier alpha value is -2.05. The van der Waals surface area contributed by atoms with Gasteiger partial charge in [-0.05, 0) is 19.1 Å². The summed E-state index contributed by atoms with van der Waals surface area (Å²) in [4.78, 5) is 26.3. The topological polar surface area (TPSA) is 70.8 Å². The summed E-state index contributed by atoms with van der Waals surface area (Å²) in [5.41, 5.74) is 0.918. The van der Waals surface area contributed by atoms with Gasteiger partial charge in [0.2, 0.25) is 0 Å². The van der Waals surface area contributed by atoms with Crippen LogP contribution in [0.5, 0.6) is 0 Å². The molecular weight excluding hydrogens is 338 g/mol. The van der Waals surface area contributed by atoms with Crippen molar-refractivity contribution in [1.82, 2.24) is 4.90 Å². The quantitative estimate of drug-likeness (QED) is 0.769. The van der Waals surface area contributed by atoms with Gasteiger partial charge in [0.1, 0.15) is 12.2 Å². The molecule has 2 aromatic rings. The van der Waals surface area contributed by atoms with Gasteiger partial charge in [0.15, 0.2) is 0 Å². The van der Waals surface area contributed by atoms with E-state index in [9.17, 15) is 9.59 Å². The molecule has 1 N–H and O–H groups in total. The molecule has 0 saturated heterocycles. The molecule has 0 saturated carbocycles. The zero-order valence-electron chi connectivity index (χ0n) is 12.5. The lowest BCUT2D eigenvalue weighted by molar-refractivity contribution is -0.136. The highest BCUT2D eigenvalue weighted by molar-refractivity contribution is 7.16. The first-order valence-corrected chi connectivity index (χ1v) is 8.05. The van der Waals surface area contributed by atoms with Crippen molar-refractivity contribution in [3.63, 3.8) is 0 Å². The minimum atomic E-state index is -1.05. The number of rotatable bonds is 7. The molecule has 1 amide bonds. The maximum atomic E-state index is 12.8. The lowest BCUT2D eigenvalue weighted by Crippen LogP contribution is -2.31. The van der Waals surface area contributed by atoms with Gasteiger partial charge in [-0.1, -0.05) is 17.7 Å². The average Bonchev–Trinajstić information content (AvgIpc) is 3.03. The van der Waals surface area contributed by atoms with Crippen LogP contribution in [0.1, 0.15) is 26.6 Å². The van der Waals surface area contributed by atoms with Crippen molar-refractivity contribution in [1.29, 1.82) is 0 Å². The van der Waals surface area contributed by atoms with Gasteiger partial charge in [-0.2, -0.15) is 0 Å². The molecule has 2 aromatic heterocycles. The van der Waals surface area contributed by atoms with Crippen LogP contribution in [0.4, 0.5) is 0 Å². The van der Waals surface area contributed by atoms with Gasteiger partial charge in [0.25, 0.3) is 5.91 Å². The first kappa shape index (κ1) is 17.3. The van der Waals surface area contributed by atoms with Crippen LogP contribution >= 0.6 is 22.9 Å². The third-order valence-corrected chi connectivity index (χ3v) is 4.40. The van der Waals surface area contributed by atoms with E-state index in [2.05, 4.69) is 6.58 Å². The van der Waals surface area contributed by atoms with Crippen molar-refractivity contribution in [3.8, 4) is 0 Å². The molecule has 5 nitrogen and oxygen atoms in total. The zero-order valence-corrected chi connectivity index (χ0v) is 14.1. The van der Waals surface area contributed by atoms with E-state index in [1.807, 2.05) is 6.07 Å². The average molecular weight is 354 g/mol. The summed E-state index contributed by atoms with van der Waals surface area (Å²) in [5.74, 6) is -1.16. The molecule has 0 aliphatic carbocycles. The highest BCUT2D eigenvalue weighted by Gasteiger charge is 2.25. The Balaban J connectivity index is 2.28. The molecule has 0 aliphatic rings. The second-order valence-electron chi connectivity index (χ2n) is 4.97. The van der Waals surface area contributed by atoms with Gasteiger partial charge < -0.3 is 14.4 Å². The van der Waals surface area contributed by atoms with E-state index in [1.54, 1.807) is 24.0 Å². The molecule has 122 valence electrons. The van der Waals surface area contributed by atoms with Crippen LogP contribution < -0.4 is 0 Å². The van der Waals surface area contributed by atoms with E-state index in [1.165, 1.54) is 17.6 Å². The molecule has 0 atom stereocenters. The predicted octanol–water partition coefficient (Wildman–Crippen LogP) is 3.76. The molecule has 23 heavy (non-hydrogen) atoms. The number of hydrogen-bond acceptors (Lipinski definition) is 4. The fourth-order valence-electron chi connectivity index (χ4n) is 2.21. The Morgan fingerprint density at radius 1 is 1.48 bits per heavy atom. The highest BCUT2D eigenvalue weighted by Crippen LogP contribution is 2.25. The third-order valence-electron chi connectivity index (χ3n) is 3.19. The smallest absolute Gasteiger partial charge is 0.311 e. The maximum absolute atomic E-state index is 12.8. The maximum Gasteiger partial charge on any atom is 0.311 e. The summed E-state index contributed by atoms with van der Waals surface area (Å²) >= 11 is 7.32. The molecule has 0 aromatic carbocycles. The molecule has 0 unspecified atom stereocenters. The fourth-order valence-corrected chi connectivity index (χ4v) is 3.31. The van der Waals surface area contributed by atoms with E-state index in [0.717, 1.165) is 4.88 Å². The number of carbonyl (C=O) groups is 2. The van der Waals surface area contributed by atoms with Crippen molar-refractivity contribution >= 4 is 34.8 Å². The number of carboxylic acid groups (broad SMARTS) is 1. The normalized spacial score (nSPS) is 10.5. The summed E-state index contributed by atoms with van der Waals surface area (Å²) in [6.07, 6.45) is 2.70. The molecule has 7 heteroatoms. The minimum Gasteiger partial charge on any atom is -0.481 e. The molecular formula is C16H16ClNO4S. The Morgan fingerprint density at radius 2 is 2.22 bits per heavy atom. The van der Waals surface area contributed by atoms with Crippen LogP contribution in [-0.2, 0) is 17.8 Å². The van der Waals surface area contributed by atoms with E-state index >= 15 is 0 Å². The van der Waals surface area contributed by atoms with Crippen molar-refractivity contribution in [2.24, 2.45) is 0 Å². The molecule has 0 fully saturated rings. The minimum absolute atomic E-state index is 0.165. The Kier molecular flexibility index (Phi) is 5.63. The second-order valence-corrected chi connectivity index (χ2v) is 6.77. The summed E-state index contributed by atoms with van der Waals surface area (Å²) < 4.78 is 5.89. The highest BCUT2D eigenvalue weighted by atomic mass is 35.5. The van der Waals surface area contributed by atoms with Crippen LogP contribution in [0.2, 0.25) is 4.34 Å². The Bertz CT molecular complexity index is 734. The van der Waals surface area contributed by atoms with E-state index < -0.39 is 5.97 Å². The van der Waals surface area contributed by atoms with Gasteiger partial charge in [0.05, 0.1) is 22.7 Å². The van der Waals surface area contributed by atoms with Crippen LogP contribution in [0.3, 0.4) is 0 Å². The van der Waals surface area contributed by atoms with Gasteiger partial charge in [-0.15, -0.1) is 17.9 Å². The van der Waals surface area contributed by atoms with Crippen LogP contribution in [0.15, 0.2) is 35.5 Å². The van der Waals surface area contributed by atoms with Crippen molar-refractivity contribution in [3.05, 3.63) is 57.2 Å². The molecule has 0 spiro atoms. The van der Waals surface area contributed by atoms with Gasteiger partial charge in [-0.3, -0.25) is 9.59 Å². The number of furan rings is 1. The Labute approximate surface area is 142 Å². The van der Waals surface area contributed by atoms with Gasteiger partial charge in [0, 0.05) is 17.0 Å². The largest absolute Gasteiger partial charge is 0.481 e. The van der Waals surface area contributed by atoms with Gasteiger partial charge >= 0.3 is 5.97 Å². The molecule has 0 aliphatic heterocycles. The summed E-state index contributed by atoms with van der Waals surface area (Å²) in [7, 11) is 0. The van der Waals surface area contributed by atoms with E-state index in [-0.39, 0.29) is 18.1 Å². The monoisotopic (exact) mass is 353 g/mol. The first-order chi connectivity index (χ1) is 10.9. The number of hydrogen-bond donors (Lipinski definition) is 1. The van der Waals surface area contributed by atoms with Crippen LogP contribution in [-0.4, -0.2) is 28.4 Å². The lowest BCUT2D eigenvalue weighted by Gasteiger charge is -2.20. The summed E-state index contributed by atoms with van der Waals surface area (Å²) in [6, 6.07) is 3.63. The van der Waals surface area contributed by atoms with Crippen LogP contribution in [0, 0.1) is 6.92 Å². The number of thiophene rings is 1.